The minimum atomic E-state index is -0.313. The van der Waals surface area contributed by atoms with E-state index in [4.69, 9.17) is 4.42 Å². The molecule has 18 heavy (non-hydrogen) atoms. The number of hydrogen-bond acceptors (Lipinski definition) is 4. The van der Waals surface area contributed by atoms with Crippen molar-refractivity contribution < 1.29 is 14.0 Å². The molecule has 2 rings (SSSR count). The molecule has 98 valence electrons. The van der Waals surface area contributed by atoms with E-state index in [1.807, 2.05) is 26.8 Å². The lowest BCUT2D eigenvalue weighted by Gasteiger charge is -2.25. The first-order chi connectivity index (χ1) is 8.47. The Balaban J connectivity index is 2.03. The molecule has 2 atom stereocenters. The minimum absolute atomic E-state index is 0.0198. The number of furan rings is 1. The average molecular weight is 250 g/mol. The standard InChI is InChI=1S/C13H18N2O3/c1-7-6-10(9(3)18-7)8(2)14-11-4-5-12(16)15-13(11)17/h6,8,11,14H,4-5H2,1-3H3,(H,15,16,17). The summed E-state index contributed by atoms with van der Waals surface area (Å²) in [5.74, 6) is 1.29. The predicted octanol–water partition coefficient (Wildman–Crippen LogP) is 1.35. The van der Waals surface area contributed by atoms with E-state index < -0.39 is 0 Å². The largest absolute Gasteiger partial charge is 0.466 e. The zero-order valence-corrected chi connectivity index (χ0v) is 10.9. The molecule has 0 radical (unpaired) electrons. The Morgan fingerprint density at radius 3 is 2.72 bits per heavy atom. The molecule has 5 heteroatoms. The molecule has 2 heterocycles. The van der Waals surface area contributed by atoms with Crippen molar-refractivity contribution in [2.75, 3.05) is 0 Å². The summed E-state index contributed by atoms with van der Waals surface area (Å²) >= 11 is 0. The van der Waals surface area contributed by atoms with Crippen LogP contribution in [-0.2, 0) is 9.59 Å². The summed E-state index contributed by atoms with van der Waals surface area (Å²) in [7, 11) is 0. The second kappa shape index (κ2) is 4.94. The molecule has 2 unspecified atom stereocenters. The Kier molecular flexibility index (Phi) is 3.52. The second-order valence-corrected chi connectivity index (χ2v) is 4.76. The van der Waals surface area contributed by atoms with E-state index in [9.17, 15) is 9.59 Å². The SMILES string of the molecule is Cc1cc(C(C)NC2CCC(=O)NC2=O)c(C)o1. The van der Waals surface area contributed by atoms with Crippen LogP contribution in [0.3, 0.4) is 0 Å². The molecule has 0 bridgehead atoms. The Morgan fingerprint density at radius 1 is 1.44 bits per heavy atom. The van der Waals surface area contributed by atoms with Crippen LogP contribution in [0.25, 0.3) is 0 Å². The Bertz CT molecular complexity index is 479. The maximum absolute atomic E-state index is 11.6. The summed E-state index contributed by atoms with van der Waals surface area (Å²) in [6, 6.07) is 1.68. The highest BCUT2D eigenvalue weighted by atomic mass is 16.3. The molecule has 1 aromatic rings. The first-order valence-electron chi connectivity index (χ1n) is 6.14. The third-order valence-corrected chi connectivity index (χ3v) is 3.24. The van der Waals surface area contributed by atoms with Gasteiger partial charge in [0.1, 0.15) is 11.5 Å². The van der Waals surface area contributed by atoms with Gasteiger partial charge in [-0.25, -0.2) is 0 Å². The van der Waals surface area contributed by atoms with Crippen LogP contribution >= 0.6 is 0 Å². The highest BCUT2D eigenvalue weighted by Gasteiger charge is 2.28. The van der Waals surface area contributed by atoms with Gasteiger partial charge in [-0.2, -0.15) is 0 Å². The van der Waals surface area contributed by atoms with Gasteiger partial charge in [-0.05, 0) is 33.3 Å². The van der Waals surface area contributed by atoms with Crippen molar-refractivity contribution in [1.29, 1.82) is 0 Å². The number of nitrogens with one attached hydrogen (secondary N) is 2. The number of imide groups is 1. The molecule has 1 saturated heterocycles. The predicted molar refractivity (Wildman–Crippen MR) is 65.9 cm³/mol. The molecule has 0 saturated carbocycles. The number of piperidine rings is 1. The summed E-state index contributed by atoms with van der Waals surface area (Å²) in [6.07, 6.45) is 0.935. The summed E-state index contributed by atoms with van der Waals surface area (Å²) < 4.78 is 5.47. The third kappa shape index (κ3) is 2.61. The fourth-order valence-corrected chi connectivity index (χ4v) is 2.32. The second-order valence-electron chi connectivity index (χ2n) is 4.76. The molecule has 1 aliphatic heterocycles. The summed E-state index contributed by atoms with van der Waals surface area (Å²) in [6.45, 7) is 5.79. The smallest absolute Gasteiger partial charge is 0.243 e. The Hall–Kier alpha value is -1.62. The number of carbonyl (C=O) groups excluding carboxylic acids is 2. The Labute approximate surface area is 106 Å². The molecule has 0 aromatic carbocycles. The normalized spacial score (nSPS) is 21.8. The zero-order valence-electron chi connectivity index (χ0n) is 10.9. The van der Waals surface area contributed by atoms with Crippen molar-refractivity contribution in [2.45, 2.75) is 45.7 Å². The van der Waals surface area contributed by atoms with Gasteiger partial charge in [0, 0.05) is 18.0 Å². The molecule has 1 aromatic heterocycles. The number of carbonyl (C=O) groups is 2. The number of rotatable bonds is 3. The molecule has 0 spiro atoms. The average Bonchev–Trinajstić information content (AvgIpc) is 2.62. The van der Waals surface area contributed by atoms with Gasteiger partial charge in [-0.3, -0.25) is 20.2 Å². The van der Waals surface area contributed by atoms with E-state index in [2.05, 4.69) is 10.6 Å². The van der Waals surface area contributed by atoms with E-state index in [0.717, 1.165) is 17.1 Å². The maximum Gasteiger partial charge on any atom is 0.243 e. The maximum atomic E-state index is 11.6. The monoisotopic (exact) mass is 250 g/mol. The molecular formula is C13H18N2O3. The lowest BCUT2D eigenvalue weighted by atomic mass is 10.0. The fraction of sp³-hybridized carbons (Fsp3) is 0.538. The molecule has 1 fully saturated rings. The topological polar surface area (TPSA) is 71.3 Å². The van der Waals surface area contributed by atoms with Gasteiger partial charge in [-0.1, -0.05) is 0 Å². The van der Waals surface area contributed by atoms with E-state index in [1.54, 1.807) is 0 Å². The van der Waals surface area contributed by atoms with Crippen molar-refractivity contribution in [2.24, 2.45) is 0 Å². The van der Waals surface area contributed by atoms with Crippen LogP contribution in [-0.4, -0.2) is 17.9 Å². The number of hydrogen-bond donors (Lipinski definition) is 2. The van der Waals surface area contributed by atoms with Crippen LogP contribution in [0.15, 0.2) is 10.5 Å². The van der Waals surface area contributed by atoms with Crippen LogP contribution in [0.5, 0.6) is 0 Å². The minimum Gasteiger partial charge on any atom is -0.466 e. The summed E-state index contributed by atoms with van der Waals surface area (Å²) in [5.41, 5.74) is 1.05. The molecule has 0 aliphatic carbocycles. The van der Waals surface area contributed by atoms with Gasteiger partial charge < -0.3 is 4.42 Å². The van der Waals surface area contributed by atoms with Crippen LogP contribution in [0.1, 0.15) is 42.9 Å². The van der Waals surface area contributed by atoms with E-state index >= 15 is 0 Å². The van der Waals surface area contributed by atoms with E-state index in [1.165, 1.54) is 0 Å². The molecule has 5 nitrogen and oxygen atoms in total. The van der Waals surface area contributed by atoms with Gasteiger partial charge in [0.05, 0.1) is 6.04 Å². The quantitative estimate of drug-likeness (QED) is 0.794. The van der Waals surface area contributed by atoms with Gasteiger partial charge in [0.2, 0.25) is 11.8 Å². The van der Waals surface area contributed by atoms with Crippen LogP contribution in [0.2, 0.25) is 0 Å². The van der Waals surface area contributed by atoms with Crippen molar-refractivity contribution in [1.82, 2.24) is 10.6 Å². The van der Waals surface area contributed by atoms with Gasteiger partial charge in [-0.15, -0.1) is 0 Å². The molecule has 1 aliphatic rings. The number of aryl methyl sites for hydroxylation is 2. The van der Waals surface area contributed by atoms with E-state index in [-0.39, 0.29) is 23.9 Å². The van der Waals surface area contributed by atoms with Crippen molar-refractivity contribution in [3.05, 3.63) is 23.2 Å². The van der Waals surface area contributed by atoms with Gasteiger partial charge in [0.15, 0.2) is 0 Å². The summed E-state index contributed by atoms with van der Waals surface area (Å²) in [4.78, 5) is 22.7. The van der Waals surface area contributed by atoms with Crippen LogP contribution in [0.4, 0.5) is 0 Å². The molecule has 2 N–H and O–H groups in total. The van der Waals surface area contributed by atoms with E-state index in [0.29, 0.717) is 12.8 Å². The van der Waals surface area contributed by atoms with Crippen molar-refractivity contribution in [3.63, 3.8) is 0 Å². The van der Waals surface area contributed by atoms with Crippen molar-refractivity contribution in [3.8, 4) is 0 Å². The first kappa shape index (κ1) is 12.8. The fourth-order valence-electron chi connectivity index (χ4n) is 2.32. The van der Waals surface area contributed by atoms with Crippen molar-refractivity contribution >= 4 is 11.8 Å². The number of amides is 2. The van der Waals surface area contributed by atoms with Crippen LogP contribution in [0, 0.1) is 13.8 Å². The first-order valence-corrected chi connectivity index (χ1v) is 6.14. The van der Waals surface area contributed by atoms with Gasteiger partial charge >= 0.3 is 0 Å². The third-order valence-electron chi connectivity index (χ3n) is 3.24. The lowest BCUT2D eigenvalue weighted by molar-refractivity contribution is -0.134. The Morgan fingerprint density at radius 2 is 2.17 bits per heavy atom. The van der Waals surface area contributed by atoms with Gasteiger partial charge in [0.25, 0.3) is 0 Å². The molecular weight excluding hydrogens is 232 g/mol. The lowest BCUT2D eigenvalue weighted by Crippen LogP contribution is -2.51. The molecule has 2 amide bonds. The highest BCUT2D eigenvalue weighted by molar-refractivity contribution is 6.00. The highest BCUT2D eigenvalue weighted by Crippen LogP contribution is 2.22. The summed E-state index contributed by atoms with van der Waals surface area (Å²) in [5, 5.41) is 5.58. The zero-order chi connectivity index (χ0) is 13.3. The van der Waals surface area contributed by atoms with Crippen LogP contribution < -0.4 is 10.6 Å².